The van der Waals surface area contributed by atoms with E-state index in [4.69, 9.17) is 0 Å². The Hall–Kier alpha value is 0.400. The van der Waals surface area contributed by atoms with E-state index in [1.54, 1.807) is 0 Å². The molecular weight excluding hydrogens is 242 g/mol. The Morgan fingerprint density at radius 1 is 1.50 bits per heavy atom. The van der Waals surface area contributed by atoms with Crippen LogP contribution >= 0.6 is 15.9 Å². The highest BCUT2D eigenvalue weighted by molar-refractivity contribution is 9.09. The molecule has 0 aromatic rings. The average molecular weight is 264 g/mol. The van der Waals surface area contributed by atoms with Gasteiger partial charge in [0.2, 0.25) is 0 Å². The molecule has 1 fully saturated rings. The molecule has 0 bridgehead atoms. The topological polar surface area (TPSA) is 23.5 Å². The van der Waals surface area contributed by atoms with E-state index in [0.29, 0.717) is 10.7 Å². The number of likely N-dealkylation sites (tertiary alicyclic amines) is 1. The van der Waals surface area contributed by atoms with Crippen molar-refractivity contribution in [1.29, 1.82) is 0 Å². The van der Waals surface area contributed by atoms with Crippen LogP contribution < -0.4 is 0 Å². The van der Waals surface area contributed by atoms with Crippen molar-refractivity contribution in [3.63, 3.8) is 0 Å². The third-order valence-electron chi connectivity index (χ3n) is 3.14. The number of rotatable bonds is 3. The predicted molar refractivity (Wildman–Crippen MR) is 63.8 cm³/mol. The van der Waals surface area contributed by atoms with Gasteiger partial charge in [0.05, 0.1) is 6.10 Å². The Bertz CT molecular complexity index is 179. The van der Waals surface area contributed by atoms with Crippen LogP contribution in [0.3, 0.4) is 0 Å². The van der Waals surface area contributed by atoms with Gasteiger partial charge in [-0.3, -0.25) is 0 Å². The van der Waals surface area contributed by atoms with Gasteiger partial charge < -0.3 is 10.0 Å². The maximum absolute atomic E-state index is 9.52. The van der Waals surface area contributed by atoms with E-state index in [2.05, 4.69) is 41.6 Å². The van der Waals surface area contributed by atoms with Gasteiger partial charge in [0.1, 0.15) is 0 Å². The monoisotopic (exact) mass is 263 g/mol. The molecule has 2 nitrogen and oxygen atoms in total. The molecule has 3 heteroatoms. The molecular formula is C11H22BrNO. The quantitative estimate of drug-likeness (QED) is 0.789. The molecule has 2 atom stereocenters. The Balaban J connectivity index is 2.34. The van der Waals surface area contributed by atoms with Gasteiger partial charge in [-0.15, -0.1) is 0 Å². The van der Waals surface area contributed by atoms with Crippen LogP contribution in [0, 0.1) is 11.3 Å². The van der Waals surface area contributed by atoms with Crippen molar-refractivity contribution in [2.24, 2.45) is 11.3 Å². The van der Waals surface area contributed by atoms with Crippen molar-refractivity contribution in [3.8, 4) is 0 Å². The summed E-state index contributed by atoms with van der Waals surface area (Å²) in [6.07, 6.45) is 1.06. The van der Waals surface area contributed by atoms with Gasteiger partial charge in [-0.1, -0.05) is 36.7 Å². The minimum Gasteiger partial charge on any atom is -0.391 e. The molecule has 0 aromatic carbocycles. The number of halogens is 1. The fourth-order valence-corrected chi connectivity index (χ4v) is 2.26. The number of hydrogen-bond acceptors (Lipinski definition) is 2. The second-order valence-electron chi connectivity index (χ2n) is 5.42. The lowest BCUT2D eigenvalue weighted by Crippen LogP contribution is -2.33. The van der Waals surface area contributed by atoms with Crippen molar-refractivity contribution in [2.45, 2.75) is 33.3 Å². The average Bonchev–Trinajstić information content (AvgIpc) is 2.51. The van der Waals surface area contributed by atoms with Gasteiger partial charge >= 0.3 is 0 Å². The lowest BCUT2D eigenvalue weighted by molar-refractivity contribution is 0.136. The van der Waals surface area contributed by atoms with Gasteiger partial charge in [-0.2, -0.15) is 0 Å². The lowest BCUT2D eigenvalue weighted by Gasteiger charge is -2.27. The van der Waals surface area contributed by atoms with E-state index in [0.717, 1.165) is 25.6 Å². The number of β-amino-alcohol motifs (C(OH)–C–C–N with tert-alkyl or cyclic N) is 1. The van der Waals surface area contributed by atoms with Gasteiger partial charge in [0.15, 0.2) is 0 Å². The molecule has 1 heterocycles. The Kier molecular flexibility index (Phi) is 4.41. The van der Waals surface area contributed by atoms with E-state index < -0.39 is 0 Å². The third kappa shape index (κ3) is 3.52. The molecule has 1 aliphatic rings. The van der Waals surface area contributed by atoms with Crippen LogP contribution in [0.5, 0.6) is 0 Å². The van der Waals surface area contributed by atoms with Crippen molar-refractivity contribution in [3.05, 3.63) is 0 Å². The minimum absolute atomic E-state index is 0.214. The SMILES string of the molecule is CC(C)(C)C1CCN(CC(O)CBr)C1. The summed E-state index contributed by atoms with van der Waals surface area (Å²) < 4.78 is 0. The number of hydrogen-bond donors (Lipinski definition) is 1. The first kappa shape index (κ1) is 12.5. The Morgan fingerprint density at radius 3 is 2.57 bits per heavy atom. The summed E-state index contributed by atoms with van der Waals surface area (Å²) >= 11 is 3.30. The van der Waals surface area contributed by atoms with E-state index in [-0.39, 0.29) is 6.10 Å². The van der Waals surface area contributed by atoms with Crippen LogP contribution in [0.4, 0.5) is 0 Å². The zero-order chi connectivity index (χ0) is 10.8. The summed E-state index contributed by atoms with van der Waals surface area (Å²) in [7, 11) is 0. The fraction of sp³-hybridized carbons (Fsp3) is 1.00. The smallest absolute Gasteiger partial charge is 0.0763 e. The Labute approximate surface area is 95.8 Å². The normalized spacial score (nSPS) is 26.8. The van der Waals surface area contributed by atoms with Crippen molar-refractivity contribution < 1.29 is 5.11 Å². The molecule has 0 amide bonds. The standard InChI is InChI=1S/C11H22BrNO/c1-11(2,3)9-4-5-13(7-9)8-10(14)6-12/h9-10,14H,4-8H2,1-3H3. The van der Waals surface area contributed by atoms with E-state index in [1.165, 1.54) is 6.42 Å². The molecule has 84 valence electrons. The molecule has 1 saturated heterocycles. The highest BCUT2D eigenvalue weighted by atomic mass is 79.9. The third-order valence-corrected chi connectivity index (χ3v) is 3.89. The van der Waals surface area contributed by atoms with Crippen molar-refractivity contribution in [2.75, 3.05) is 25.0 Å². The zero-order valence-corrected chi connectivity index (χ0v) is 11.0. The van der Waals surface area contributed by atoms with Gasteiger partial charge in [0, 0.05) is 18.4 Å². The summed E-state index contributed by atoms with van der Waals surface area (Å²) in [5.74, 6) is 0.782. The molecule has 1 aliphatic heterocycles. The summed E-state index contributed by atoms with van der Waals surface area (Å²) in [4.78, 5) is 2.38. The molecule has 0 aromatic heterocycles. The van der Waals surface area contributed by atoms with Gasteiger partial charge in [-0.05, 0) is 24.3 Å². The highest BCUT2D eigenvalue weighted by Crippen LogP contribution is 2.33. The lowest BCUT2D eigenvalue weighted by atomic mass is 9.80. The molecule has 0 aliphatic carbocycles. The second-order valence-corrected chi connectivity index (χ2v) is 6.07. The second kappa shape index (κ2) is 4.95. The van der Waals surface area contributed by atoms with Gasteiger partial charge in [0.25, 0.3) is 0 Å². The fourth-order valence-electron chi connectivity index (χ4n) is 2.05. The summed E-state index contributed by atoms with van der Waals surface area (Å²) in [6, 6.07) is 0. The van der Waals surface area contributed by atoms with E-state index in [1.807, 2.05) is 0 Å². The molecule has 14 heavy (non-hydrogen) atoms. The summed E-state index contributed by atoms with van der Waals surface area (Å²) in [5.41, 5.74) is 0.411. The first-order valence-corrected chi connectivity index (χ1v) is 6.52. The summed E-state index contributed by atoms with van der Waals surface area (Å²) in [5, 5.41) is 10.2. The number of nitrogens with zero attached hydrogens (tertiary/aromatic N) is 1. The molecule has 2 unspecified atom stereocenters. The first-order chi connectivity index (χ1) is 6.43. The zero-order valence-electron chi connectivity index (χ0n) is 9.46. The largest absolute Gasteiger partial charge is 0.391 e. The molecule has 1 rings (SSSR count). The van der Waals surface area contributed by atoms with Crippen LogP contribution in [0.1, 0.15) is 27.2 Å². The van der Waals surface area contributed by atoms with Crippen LogP contribution in [0.15, 0.2) is 0 Å². The Morgan fingerprint density at radius 2 is 2.14 bits per heavy atom. The molecule has 0 spiro atoms. The van der Waals surface area contributed by atoms with Crippen LogP contribution in [0.2, 0.25) is 0 Å². The number of alkyl halides is 1. The maximum atomic E-state index is 9.52. The molecule has 1 N–H and O–H groups in total. The van der Waals surface area contributed by atoms with Crippen molar-refractivity contribution >= 4 is 15.9 Å². The van der Waals surface area contributed by atoms with Crippen LogP contribution in [0.25, 0.3) is 0 Å². The van der Waals surface area contributed by atoms with Crippen LogP contribution in [-0.4, -0.2) is 41.1 Å². The van der Waals surface area contributed by atoms with Crippen LogP contribution in [-0.2, 0) is 0 Å². The predicted octanol–water partition coefficient (Wildman–Crippen LogP) is 2.11. The number of aliphatic hydroxyl groups excluding tert-OH is 1. The highest BCUT2D eigenvalue weighted by Gasteiger charge is 2.31. The first-order valence-electron chi connectivity index (χ1n) is 5.40. The van der Waals surface area contributed by atoms with Crippen molar-refractivity contribution in [1.82, 2.24) is 4.90 Å². The number of aliphatic hydroxyl groups is 1. The minimum atomic E-state index is -0.214. The van der Waals surface area contributed by atoms with E-state index >= 15 is 0 Å². The molecule has 0 saturated carbocycles. The maximum Gasteiger partial charge on any atom is 0.0763 e. The van der Waals surface area contributed by atoms with E-state index in [9.17, 15) is 5.11 Å². The van der Waals surface area contributed by atoms with Gasteiger partial charge in [-0.25, -0.2) is 0 Å². The molecule has 0 radical (unpaired) electrons. The summed E-state index contributed by atoms with van der Waals surface area (Å²) in [6.45, 7) is 10.0.